The van der Waals surface area contributed by atoms with Crippen molar-refractivity contribution in [3.05, 3.63) is 40.3 Å². The molecule has 0 spiro atoms. The molecular formula is C19H20N2O2S. The molecule has 24 heavy (non-hydrogen) atoms. The molecule has 1 N–H and O–H groups in total. The van der Waals surface area contributed by atoms with E-state index in [0.717, 1.165) is 35.3 Å². The molecule has 1 aromatic carbocycles. The van der Waals surface area contributed by atoms with Gasteiger partial charge in [0.15, 0.2) is 0 Å². The van der Waals surface area contributed by atoms with Crippen molar-refractivity contribution in [1.82, 2.24) is 0 Å². The zero-order chi connectivity index (χ0) is 17.1. The van der Waals surface area contributed by atoms with Crippen molar-refractivity contribution in [2.45, 2.75) is 39.2 Å². The van der Waals surface area contributed by atoms with Crippen LogP contribution >= 0.6 is 11.3 Å². The van der Waals surface area contributed by atoms with Crippen LogP contribution in [0.15, 0.2) is 24.3 Å². The largest absolute Gasteiger partial charge is 0.368 e. The number of nitrogens with zero attached hydrogens (tertiary/aromatic N) is 1. The molecule has 124 valence electrons. The summed E-state index contributed by atoms with van der Waals surface area (Å²) in [6, 6.07) is 10.5. The van der Waals surface area contributed by atoms with Gasteiger partial charge in [0.2, 0.25) is 0 Å². The molecule has 0 aliphatic carbocycles. The third-order valence-electron chi connectivity index (χ3n) is 4.31. The molecule has 1 aromatic heterocycles. The summed E-state index contributed by atoms with van der Waals surface area (Å²) in [5, 5.41) is 13.1. The maximum absolute atomic E-state index is 12.3. The average molecular weight is 340 g/mol. The van der Waals surface area contributed by atoms with Crippen LogP contribution in [0.4, 0.5) is 5.00 Å². The van der Waals surface area contributed by atoms with Crippen LogP contribution in [-0.2, 0) is 16.0 Å². The molecule has 1 atom stereocenters. The third kappa shape index (κ3) is 3.21. The summed E-state index contributed by atoms with van der Waals surface area (Å²) in [4.78, 5) is 13.3. The van der Waals surface area contributed by atoms with E-state index >= 15 is 0 Å². The van der Waals surface area contributed by atoms with Crippen LogP contribution in [0.3, 0.4) is 0 Å². The molecule has 1 fully saturated rings. The second kappa shape index (κ2) is 7.16. The second-order valence-corrected chi connectivity index (χ2v) is 7.12. The fourth-order valence-corrected chi connectivity index (χ4v) is 4.00. The smallest absolute Gasteiger partial charge is 0.254 e. The second-order valence-electron chi connectivity index (χ2n) is 5.89. The van der Waals surface area contributed by atoms with E-state index in [0.29, 0.717) is 17.2 Å². The number of nitriles is 1. The van der Waals surface area contributed by atoms with Crippen LogP contribution < -0.4 is 5.32 Å². The van der Waals surface area contributed by atoms with Gasteiger partial charge in [-0.2, -0.15) is 5.26 Å². The molecule has 2 heterocycles. The fourth-order valence-electron chi connectivity index (χ4n) is 2.97. The highest BCUT2D eigenvalue weighted by atomic mass is 32.1. The Morgan fingerprint density at radius 1 is 1.42 bits per heavy atom. The minimum Gasteiger partial charge on any atom is -0.368 e. The molecule has 3 rings (SSSR count). The van der Waals surface area contributed by atoms with Crippen LogP contribution in [0.25, 0.3) is 11.1 Å². The van der Waals surface area contributed by atoms with Crippen LogP contribution in [0.5, 0.6) is 0 Å². The number of amides is 1. The predicted octanol–water partition coefficient (Wildman–Crippen LogP) is 4.28. The highest BCUT2D eigenvalue weighted by molar-refractivity contribution is 7.17. The Balaban J connectivity index is 1.91. The molecule has 1 saturated heterocycles. The van der Waals surface area contributed by atoms with Crippen LogP contribution in [0, 0.1) is 18.3 Å². The van der Waals surface area contributed by atoms with Crippen molar-refractivity contribution >= 4 is 22.2 Å². The lowest BCUT2D eigenvalue weighted by molar-refractivity contribution is -0.124. The topological polar surface area (TPSA) is 62.1 Å². The Labute approximate surface area is 146 Å². The number of rotatable bonds is 4. The number of aryl methyl sites for hydroxylation is 2. The van der Waals surface area contributed by atoms with Gasteiger partial charge < -0.3 is 10.1 Å². The van der Waals surface area contributed by atoms with Gasteiger partial charge in [0, 0.05) is 17.0 Å². The summed E-state index contributed by atoms with van der Waals surface area (Å²) in [7, 11) is 0. The summed E-state index contributed by atoms with van der Waals surface area (Å²) in [6.45, 7) is 4.72. The SMILES string of the molecule is CCc1ccc(-c2c(C)sc(NC(=O)[C@@H]3CCCO3)c2C#N)cc1. The highest BCUT2D eigenvalue weighted by Gasteiger charge is 2.26. The Morgan fingerprint density at radius 2 is 2.17 bits per heavy atom. The molecule has 2 aromatic rings. The van der Waals surface area contributed by atoms with Crippen LogP contribution in [-0.4, -0.2) is 18.6 Å². The van der Waals surface area contributed by atoms with Gasteiger partial charge in [-0.3, -0.25) is 4.79 Å². The zero-order valence-corrected chi connectivity index (χ0v) is 14.7. The number of hydrogen-bond donors (Lipinski definition) is 1. The lowest BCUT2D eigenvalue weighted by Gasteiger charge is -2.09. The standard InChI is InChI=1S/C19H20N2O2S/c1-3-13-6-8-14(9-7-13)17-12(2)24-19(15(17)11-20)21-18(22)16-5-4-10-23-16/h6-9,16H,3-5,10H2,1-2H3,(H,21,22)/t16-/m0/s1. The van der Waals surface area contributed by atoms with Crippen molar-refractivity contribution in [1.29, 1.82) is 5.26 Å². The van der Waals surface area contributed by atoms with E-state index < -0.39 is 6.10 Å². The molecule has 0 radical (unpaired) electrons. The monoisotopic (exact) mass is 340 g/mol. The molecule has 1 aliphatic rings. The van der Waals surface area contributed by atoms with Crippen molar-refractivity contribution in [2.24, 2.45) is 0 Å². The van der Waals surface area contributed by atoms with Gasteiger partial charge >= 0.3 is 0 Å². The minimum absolute atomic E-state index is 0.155. The Kier molecular flexibility index (Phi) is 4.98. The number of ether oxygens (including phenoxy) is 1. The first-order chi connectivity index (χ1) is 11.6. The first-order valence-corrected chi connectivity index (χ1v) is 9.01. The number of benzene rings is 1. The molecule has 1 aliphatic heterocycles. The number of hydrogen-bond acceptors (Lipinski definition) is 4. The van der Waals surface area contributed by atoms with Gasteiger partial charge in [0.25, 0.3) is 5.91 Å². The molecule has 4 nitrogen and oxygen atoms in total. The summed E-state index contributed by atoms with van der Waals surface area (Å²) < 4.78 is 5.42. The van der Waals surface area contributed by atoms with E-state index in [1.807, 2.05) is 19.1 Å². The van der Waals surface area contributed by atoms with Crippen molar-refractivity contribution < 1.29 is 9.53 Å². The summed E-state index contributed by atoms with van der Waals surface area (Å²) in [5.41, 5.74) is 3.72. The van der Waals surface area contributed by atoms with E-state index in [1.54, 1.807) is 0 Å². The first kappa shape index (κ1) is 16.7. The maximum atomic E-state index is 12.3. The van der Waals surface area contributed by atoms with Gasteiger partial charge in [-0.15, -0.1) is 11.3 Å². The number of anilines is 1. The zero-order valence-electron chi connectivity index (χ0n) is 13.9. The van der Waals surface area contributed by atoms with Gasteiger partial charge in [-0.05, 0) is 37.3 Å². The quantitative estimate of drug-likeness (QED) is 0.904. The molecule has 0 bridgehead atoms. The first-order valence-electron chi connectivity index (χ1n) is 8.19. The average Bonchev–Trinajstić information content (AvgIpc) is 3.23. The molecule has 0 saturated carbocycles. The highest BCUT2D eigenvalue weighted by Crippen LogP contribution is 2.39. The number of thiophene rings is 1. The molecular weight excluding hydrogens is 320 g/mol. The predicted molar refractivity (Wildman–Crippen MR) is 96.2 cm³/mol. The number of nitrogens with one attached hydrogen (secondary N) is 1. The van der Waals surface area contributed by atoms with Crippen LogP contribution in [0.1, 0.15) is 35.8 Å². The summed E-state index contributed by atoms with van der Waals surface area (Å²) in [5.74, 6) is -0.155. The van der Waals surface area contributed by atoms with E-state index in [2.05, 4.69) is 30.4 Å². The number of carbonyl (C=O) groups excluding carboxylic acids is 1. The molecule has 0 unspecified atom stereocenters. The summed E-state index contributed by atoms with van der Waals surface area (Å²) >= 11 is 1.45. The number of carbonyl (C=O) groups is 1. The lowest BCUT2D eigenvalue weighted by atomic mass is 10.00. The van der Waals surface area contributed by atoms with Crippen LogP contribution in [0.2, 0.25) is 0 Å². The lowest BCUT2D eigenvalue weighted by Crippen LogP contribution is -2.26. The van der Waals surface area contributed by atoms with E-state index in [-0.39, 0.29) is 5.91 Å². The fraction of sp³-hybridized carbons (Fsp3) is 0.368. The van der Waals surface area contributed by atoms with Gasteiger partial charge in [0.05, 0.1) is 5.56 Å². The van der Waals surface area contributed by atoms with Gasteiger partial charge in [0.1, 0.15) is 17.2 Å². The summed E-state index contributed by atoms with van der Waals surface area (Å²) in [6.07, 6.45) is 2.23. The normalized spacial score (nSPS) is 16.8. The van der Waals surface area contributed by atoms with Gasteiger partial charge in [-0.1, -0.05) is 31.2 Å². The van der Waals surface area contributed by atoms with Gasteiger partial charge in [-0.25, -0.2) is 0 Å². The van der Waals surface area contributed by atoms with E-state index in [9.17, 15) is 10.1 Å². The Morgan fingerprint density at radius 3 is 2.75 bits per heavy atom. The van der Waals surface area contributed by atoms with Crippen molar-refractivity contribution in [3.8, 4) is 17.2 Å². The van der Waals surface area contributed by atoms with E-state index in [1.165, 1.54) is 16.9 Å². The van der Waals surface area contributed by atoms with Crippen molar-refractivity contribution in [3.63, 3.8) is 0 Å². The molecule has 1 amide bonds. The maximum Gasteiger partial charge on any atom is 0.254 e. The Hall–Kier alpha value is -2.16. The van der Waals surface area contributed by atoms with E-state index in [4.69, 9.17) is 4.74 Å². The minimum atomic E-state index is -0.397. The third-order valence-corrected chi connectivity index (χ3v) is 5.33. The Bertz CT molecular complexity index is 781. The molecule has 5 heteroatoms. The van der Waals surface area contributed by atoms with Crippen molar-refractivity contribution in [2.75, 3.05) is 11.9 Å².